The highest BCUT2D eigenvalue weighted by Gasteiger charge is 2.33. The summed E-state index contributed by atoms with van der Waals surface area (Å²) in [6.45, 7) is 3.40. The molecule has 2 atom stereocenters. The summed E-state index contributed by atoms with van der Waals surface area (Å²) in [5.41, 5.74) is 4.48. The Morgan fingerprint density at radius 1 is 1.26 bits per heavy atom. The van der Waals surface area contributed by atoms with Crippen molar-refractivity contribution in [2.75, 3.05) is 26.5 Å². The first-order valence-corrected chi connectivity index (χ1v) is 13.0. The molecular weight excluding hydrogens is 454 g/mol. The van der Waals surface area contributed by atoms with Crippen LogP contribution in [0.15, 0.2) is 42.6 Å². The number of methoxy groups -OCH3 is 1. The van der Waals surface area contributed by atoms with Gasteiger partial charge < -0.3 is 14.8 Å². The maximum Gasteiger partial charge on any atom is 0.335 e. The smallest absolute Gasteiger partial charge is 0.335 e. The van der Waals surface area contributed by atoms with Gasteiger partial charge in [0.05, 0.1) is 18.4 Å². The van der Waals surface area contributed by atoms with E-state index >= 15 is 0 Å². The van der Waals surface area contributed by atoms with Gasteiger partial charge in [-0.05, 0) is 74.7 Å². The number of nitrogens with zero attached hydrogens (tertiary/aromatic N) is 1. The van der Waals surface area contributed by atoms with Crippen molar-refractivity contribution in [2.45, 2.75) is 32.4 Å². The molecular formula is C25H31N3O5S. The fourth-order valence-electron chi connectivity index (χ4n) is 5.00. The first-order chi connectivity index (χ1) is 16.2. The number of nitrogens with one attached hydrogen (secondary N) is 2. The summed E-state index contributed by atoms with van der Waals surface area (Å²) in [4.78, 5) is 17.0. The number of rotatable bonds is 8. The Balaban J connectivity index is 1.69. The Kier molecular flexibility index (Phi) is 6.97. The highest BCUT2D eigenvalue weighted by atomic mass is 32.2. The van der Waals surface area contributed by atoms with Crippen molar-refractivity contribution in [3.05, 3.63) is 64.8 Å². The van der Waals surface area contributed by atoms with Crippen molar-refractivity contribution >= 4 is 26.9 Å². The summed E-state index contributed by atoms with van der Waals surface area (Å²) < 4.78 is 32.6. The maximum absolute atomic E-state index is 12.2. The van der Waals surface area contributed by atoms with E-state index in [-0.39, 0.29) is 23.3 Å². The topological polar surface area (TPSA) is 112 Å². The zero-order chi connectivity index (χ0) is 24.5. The van der Waals surface area contributed by atoms with E-state index in [1.54, 1.807) is 19.2 Å². The summed E-state index contributed by atoms with van der Waals surface area (Å²) in [6, 6.07) is 11.0. The lowest BCUT2D eigenvalue weighted by atomic mass is 9.87. The van der Waals surface area contributed by atoms with Gasteiger partial charge in [-0.25, -0.2) is 17.9 Å². The van der Waals surface area contributed by atoms with Crippen molar-refractivity contribution in [3.8, 4) is 5.75 Å². The van der Waals surface area contributed by atoms with Crippen LogP contribution in [0.25, 0.3) is 10.9 Å². The van der Waals surface area contributed by atoms with Gasteiger partial charge in [-0.3, -0.25) is 4.90 Å². The minimum atomic E-state index is -3.33. The van der Waals surface area contributed by atoms with Gasteiger partial charge >= 0.3 is 5.97 Å². The molecule has 1 aliphatic heterocycles. The molecule has 1 aromatic heterocycles. The largest absolute Gasteiger partial charge is 0.496 e. The Labute approximate surface area is 200 Å². The Morgan fingerprint density at radius 2 is 2.00 bits per heavy atom. The van der Waals surface area contributed by atoms with Crippen molar-refractivity contribution in [2.24, 2.45) is 5.92 Å². The summed E-state index contributed by atoms with van der Waals surface area (Å²) in [6.07, 6.45) is 3.35. The normalized spacial score (nSPS) is 19.4. The summed E-state index contributed by atoms with van der Waals surface area (Å²) >= 11 is 0. The summed E-state index contributed by atoms with van der Waals surface area (Å²) in [7, 11) is -0.209. The lowest BCUT2D eigenvalue weighted by molar-refractivity contribution is 0.0696. The highest BCUT2D eigenvalue weighted by Crippen LogP contribution is 2.39. The van der Waals surface area contributed by atoms with Crippen LogP contribution in [0.4, 0.5) is 0 Å². The maximum atomic E-state index is 12.2. The third-order valence-corrected chi connectivity index (χ3v) is 8.36. The molecule has 1 fully saturated rings. The van der Waals surface area contributed by atoms with Crippen molar-refractivity contribution in [3.63, 3.8) is 0 Å². The number of piperidine rings is 1. The number of carboxylic acids is 1. The van der Waals surface area contributed by atoms with Crippen molar-refractivity contribution < 1.29 is 23.1 Å². The van der Waals surface area contributed by atoms with Gasteiger partial charge in [0.2, 0.25) is 10.0 Å². The average molecular weight is 486 g/mol. The van der Waals surface area contributed by atoms with Crippen LogP contribution in [0.5, 0.6) is 5.75 Å². The molecule has 1 saturated heterocycles. The lowest BCUT2D eigenvalue weighted by Gasteiger charge is -2.40. The molecule has 34 heavy (non-hydrogen) atoms. The molecule has 182 valence electrons. The van der Waals surface area contributed by atoms with E-state index in [1.807, 2.05) is 31.3 Å². The third kappa shape index (κ3) is 4.96. The van der Waals surface area contributed by atoms with Gasteiger partial charge in [-0.2, -0.15) is 0 Å². The number of likely N-dealkylation sites (tertiary alicyclic amines) is 1. The molecule has 3 aromatic rings. The molecule has 9 heteroatoms. The number of H-pyrrole nitrogens is 1. The van der Waals surface area contributed by atoms with Crippen molar-refractivity contribution in [1.29, 1.82) is 0 Å². The number of benzene rings is 2. The van der Waals surface area contributed by atoms with Gasteiger partial charge in [0, 0.05) is 35.2 Å². The van der Waals surface area contributed by atoms with Crippen LogP contribution in [0.1, 0.15) is 45.9 Å². The van der Waals surface area contributed by atoms with E-state index in [9.17, 15) is 18.3 Å². The molecule has 0 saturated carbocycles. The van der Waals surface area contributed by atoms with Crippen LogP contribution in [0.2, 0.25) is 0 Å². The minimum absolute atomic E-state index is 0.00467. The molecule has 8 nitrogen and oxygen atoms in total. The van der Waals surface area contributed by atoms with Gasteiger partial charge in [0.1, 0.15) is 5.75 Å². The molecule has 2 unspecified atom stereocenters. The Morgan fingerprint density at radius 3 is 2.65 bits per heavy atom. The number of sulfonamides is 1. The third-order valence-electron chi connectivity index (χ3n) is 6.82. The SMILES string of the molecule is CNS(=O)(=O)CC1CCN(Cc2c(OC)cc(C)c3[nH]ccc23)C(c2ccc(C(=O)O)cc2)C1. The van der Waals surface area contributed by atoms with Crippen LogP contribution in [0, 0.1) is 12.8 Å². The first-order valence-electron chi connectivity index (χ1n) is 11.3. The quantitative estimate of drug-likeness (QED) is 0.449. The zero-order valence-corrected chi connectivity index (χ0v) is 20.5. The highest BCUT2D eigenvalue weighted by molar-refractivity contribution is 7.89. The number of hydrogen-bond donors (Lipinski definition) is 3. The number of aromatic nitrogens is 1. The molecule has 0 radical (unpaired) electrons. The van der Waals surface area contributed by atoms with E-state index in [1.165, 1.54) is 7.05 Å². The molecule has 4 rings (SSSR count). The number of ether oxygens (including phenoxy) is 1. The Hall–Kier alpha value is -2.88. The molecule has 2 aromatic carbocycles. The van der Waals surface area contributed by atoms with Gasteiger partial charge in [-0.1, -0.05) is 12.1 Å². The van der Waals surface area contributed by atoms with E-state index in [4.69, 9.17) is 4.74 Å². The first kappa shape index (κ1) is 24.3. The molecule has 1 aliphatic rings. The predicted octanol–water partition coefficient (Wildman–Crippen LogP) is 3.69. The monoisotopic (exact) mass is 485 g/mol. The molecule has 2 heterocycles. The van der Waals surface area contributed by atoms with Gasteiger partial charge in [0.15, 0.2) is 0 Å². The van der Waals surface area contributed by atoms with Crippen LogP contribution < -0.4 is 9.46 Å². The summed E-state index contributed by atoms with van der Waals surface area (Å²) in [5, 5.41) is 10.4. The van der Waals surface area contributed by atoms with Crippen LogP contribution in [-0.4, -0.2) is 55.8 Å². The Bertz CT molecular complexity index is 1280. The second-order valence-electron chi connectivity index (χ2n) is 8.93. The number of hydrogen-bond acceptors (Lipinski definition) is 5. The number of carbonyl (C=O) groups is 1. The average Bonchev–Trinajstić information content (AvgIpc) is 3.32. The number of fused-ring (bicyclic) bond motifs is 1. The zero-order valence-electron chi connectivity index (χ0n) is 19.7. The minimum Gasteiger partial charge on any atom is -0.496 e. The van der Waals surface area contributed by atoms with Crippen LogP contribution in [-0.2, 0) is 16.6 Å². The molecule has 3 N–H and O–H groups in total. The predicted molar refractivity (Wildman–Crippen MR) is 132 cm³/mol. The standard InChI is InChI=1S/C25H31N3O5S/c1-16-12-23(33-3)21(20-8-10-27-24(16)20)14-28-11-9-17(15-34(31,32)26-2)13-22(28)18-4-6-19(7-5-18)25(29)30/h4-8,10,12,17,22,26-27H,9,11,13-15H2,1-3H3,(H,29,30). The molecule has 0 spiro atoms. The van der Waals surface area contributed by atoms with E-state index in [0.717, 1.165) is 46.3 Å². The second-order valence-corrected chi connectivity index (χ2v) is 10.9. The second kappa shape index (κ2) is 9.77. The fourth-order valence-corrected chi connectivity index (χ4v) is 6.09. The van der Waals surface area contributed by atoms with E-state index < -0.39 is 16.0 Å². The van der Waals surface area contributed by atoms with E-state index in [0.29, 0.717) is 13.0 Å². The van der Waals surface area contributed by atoms with Crippen molar-refractivity contribution in [1.82, 2.24) is 14.6 Å². The lowest BCUT2D eigenvalue weighted by Crippen LogP contribution is -2.39. The number of aromatic amines is 1. The summed E-state index contributed by atoms with van der Waals surface area (Å²) in [5.74, 6) is -0.0597. The fraction of sp³-hybridized carbons (Fsp3) is 0.400. The number of carboxylic acid groups (broad SMARTS) is 1. The number of aromatic carboxylic acids is 1. The van der Waals surface area contributed by atoms with E-state index in [2.05, 4.69) is 20.7 Å². The van der Waals surface area contributed by atoms with Crippen LogP contribution in [0.3, 0.4) is 0 Å². The van der Waals surface area contributed by atoms with Gasteiger partial charge in [-0.15, -0.1) is 0 Å². The van der Waals surface area contributed by atoms with Gasteiger partial charge in [0.25, 0.3) is 0 Å². The molecule has 0 bridgehead atoms. The molecule has 0 amide bonds. The van der Waals surface area contributed by atoms with Crippen LogP contribution >= 0.6 is 0 Å². The number of aryl methyl sites for hydroxylation is 1. The molecule has 0 aliphatic carbocycles.